The van der Waals surface area contributed by atoms with Crippen molar-refractivity contribution in [2.45, 2.75) is 51.8 Å². The monoisotopic (exact) mass is 330 g/mol. The molecule has 2 atom stereocenters. The van der Waals surface area contributed by atoms with Crippen LogP contribution in [0.1, 0.15) is 45.7 Å². The van der Waals surface area contributed by atoms with Crippen molar-refractivity contribution in [1.82, 2.24) is 9.80 Å². The SMILES string of the molecule is C=CC[C@@H]1CN([C@@H](C)c2ccccc2)CCN1C(=O)OC(C)(C)C. The molecule has 1 aromatic rings. The van der Waals surface area contributed by atoms with E-state index in [1.165, 1.54) is 5.56 Å². The van der Waals surface area contributed by atoms with Gasteiger partial charge in [0, 0.05) is 25.7 Å². The van der Waals surface area contributed by atoms with Crippen LogP contribution in [-0.4, -0.2) is 47.2 Å². The molecule has 1 saturated heterocycles. The second kappa shape index (κ2) is 7.84. The van der Waals surface area contributed by atoms with E-state index in [4.69, 9.17) is 4.74 Å². The molecule has 0 radical (unpaired) electrons. The molecule has 0 spiro atoms. The molecule has 0 aromatic heterocycles. The average Bonchev–Trinajstić information content (AvgIpc) is 2.53. The Bertz CT molecular complexity index is 551. The second-order valence-corrected chi connectivity index (χ2v) is 7.43. The number of benzene rings is 1. The zero-order chi connectivity index (χ0) is 17.7. The van der Waals surface area contributed by atoms with Gasteiger partial charge in [0.25, 0.3) is 0 Å². The van der Waals surface area contributed by atoms with Gasteiger partial charge in [-0.3, -0.25) is 4.90 Å². The van der Waals surface area contributed by atoms with Crippen molar-refractivity contribution in [3.8, 4) is 0 Å². The number of amides is 1. The van der Waals surface area contributed by atoms with Crippen molar-refractivity contribution >= 4 is 6.09 Å². The summed E-state index contributed by atoms with van der Waals surface area (Å²) in [6, 6.07) is 10.9. The van der Waals surface area contributed by atoms with E-state index in [-0.39, 0.29) is 12.1 Å². The lowest BCUT2D eigenvalue weighted by Crippen LogP contribution is -2.56. The van der Waals surface area contributed by atoms with Crippen LogP contribution in [0.25, 0.3) is 0 Å². The topological polar surface area (TPSA) is 32.8 Å². The molecule has 0 N–H and O–H groups in total. The Kier molecular flexibility index (Phi) is 6.05. The Labute approximate surface area is 146 Å². The maximum absolute atomic E-state index is 12.5. The van der Waals surface area contributed by atoms with E-state index in [0.717, 1.165) is 19.5 Å². The number of hydrogen-bond acceptors (Lipinski definition) is 3. The number of hydrogen-bond donors (Lipinski definition) is 0. The molecule has 4 heteroatoms. The standard InChI is InChI=1S/C20H30N2O2/c1-6-10-18-15-21(16(2)17-11-8-7-9-12-17)13-14-22(18)19(23)24-20(3,4)5/h6-9,11-12,16,18H,1,10,13-15H2,2-5H3/t16-,18+/m0/s1. The lowest BCUT2D eigenvalue weighted by Gasteiger charge is -2.43. The van der Waals surface area contributed by atoms with Crippen LogP contribution in [0.15, 0.2) is 43.0 Å². The lowest BCUT2D eigenvalue weighted by atomic mass is 10.0. The first kappa shape index (κ1) is 18.5. The van der Waals surface area contributed by atoms with Crippen LogP contribution in [0.5, 0.6) is 0 Å². The van der Waals surface area contributed by atoms with E-state index in [1.807, 2.05) is 37.8 Å². The molecule has 1 fully saturated rings. The van der Waals surface area contributed by atoms with Gasteiger partial charge in [-0.1, -0.05) is 36.4 Å². The summed E-state index contributed by atoms with van der Waals surface area (Å²) >= 11 is 0. The molecule has 132 valence electrons. The van der Waals surface area contributed by atoms with E-state index in [9.17, 15) is 4.79 Å². The summed E-state index contributed by atoms with van der Waals surface area (Å²) in [5.41, 5.74) is 0.838. The minimum atomic E-state index is -0.468. The third kappa shape index (κ3) is 4.84. The number of carbonyl (C=O) groups excluding carboxylic acids is 1. The third-order valence-electron chi connectivity index (χ3n) is 4.41. The molecule has 2 rings (SSSR count). The van der Waals surface area contributed by atoms with Gasteiger partial charge in [-0.05, 0) is 39.7 Å². The van der Waals surface area contributed by atoms with Gasteiger partial charge in [0.05, 0.1) is 6.04 Å². The molecule has 24 heavy (non-hydrogen) atoms. The molecule has 0 unspecified atom stereocenters. The van der Waals surface area contributed by atoms with Gasteiger partial charge in [0.1, 0.15) is 5.60 Å². The number of nitrogens with zero attached hydrogens (tertiary/aromatic N) is 2. The summed E-state index contributed by atoms with van der Waals surface area (Å²) in [7, 11) is 0. The molecule has 1 heterocycles. The minimum absolute atomic E-state index is 0.109. The van der Waals surface area contributed by atoms with Crippen LogP contribution in [-0.2, 0) is 4.74 Å². The summed E-state index contributed by atoms with van der Waals surface area (Å²) in [5, 5.41) is 0. The highest BCUT2D eigenvalue weighted by Gasteiger charge is 2.34. The summed E-state index contributed by atoms with van der Waals surface area (Å²) in [4.78, 5) is 16.8. The van der Waals surface area contributed by atoms with Gasteiger partial charge in [0.2, 0.25) is 0 Å². The minimum Gasteiger partial charge on any atom is -0.444 e. The van der Waals surface area contributed by atoms with Crippen LogP contribution >= 0.6 is 0 Å². The fraction of sp³-hybridized carbons (Fsp3) is 0.550. The van der Waals surface area contributed by atoms with Crippen molar-refractivity contribution in [2.75, 3.05) is 19.6 Å². The normalized spacial score (nSPS) is 20.5. The largest absolute Gasteiger partial charge is 0.444 e. The highest BCUT2D eigenvalue weighted by molar-refractivity contribution is 5.68. The maximum atomic E-state index is 12.5. The predicted molar refractivity (Wildman–Crippen MR) is 98.0 cm³/mol. The van der Waals surface area contributed by atoms with Gasteiger partial charge in [-0.2, -0.15) is 0 Å². The molecule has 0 aliphatic carbocycles. The Morgan fingerprint density at radius 3 is 2.58 bits per heavy atom. The third-order valence-corrected chi connectivity index (χ3v) is 4.41. The molecule has 0 bridgehead atoms. The summed E-state index contributed by atoms with van der Waals surface area (Å²) in [6.45, 7) is 14.2. The van der Waals surface area contributed by atoms with E-state index in [2.05, 4.69) is 42.7 Å². The average molecular weight is 330 g/mol. The molecular formula is C20H30N2O2. The molecule has 1 aliphatic rings. The first-order valence-electron chi connectivity index (χ1n) is 8.71. The van der Waals surface area contributed by atoms with Crippen LogP contribution < -0.4 is 0 Å². The first-order valence-corrected chi connectivity index (χ1v) is 8.71. The molecule has 1 amide bonds. The second-order valence-electron chi connectivity index (χ2n) is 7.43. The summed E-state index contributed by atoms with van der Waals surface area (Å²) in [6.07, 6.45) is 2.44. The molecule has 0 saturated carbocycles. The summed E-state index contributed by atoms with van der Waals surface area (Å²) in [5.74, 6) is 0. The smallest absolute Gasteiger partial charge is 0.410 e. The Hall–Kier alpha value is -1.81. The maximum Gasteiger partial charge on any atom is 0.410 e. The summed E-state index contributed by atoms with van der Waals surface area (Å²) < 4.78 is 5.57. The van der Waals surface area contributed by atoms with E-state index in [1.54, 1.807) is 0 Å². The fourth-order valence-electron chi connectivity index (χ4n) is 3.13. The van der Waals surface area contributed by atoms with Crippen molar-refractivity contribution in [3.63, 3.8) is 0 Å². The molecule has 1 aromatic carbocycles. The number of rotatable bonds is 4. The molecule has 4 nitrogen and oxygen atoms in total. The van der Waals surface area contributed by atoms with Crippen molar-refractivity contribution in [3.05, 3.63) is 48.6 Å². The fourth-order valence-corrected chi connectivity index (χ4v) is 3.13. The zero-order valence-corrected chi connectivity index (χ0v) is 15.4. The van der Waals surface area contributed by atoms with Gasteiger partial charge in [-0.25, -0.2) is 4.79 Å². The highest BCUT2D eigenvalue weighted by Crippen LogP contribution is 2.25. The Balaban J connectivity index is 2.07. The zero-order valence-electron chi connectivity index (χ0n) is 15.4. The quantitative estimate of drug-likeness (QED) is 0.774. The Morgan fingerprint density at radius 2 is 2.00 bits per heavy atom. The number of ether oxygens (including phenoxy) is 1. The van der Waals surface area contributed by atoms with E-state index >= 15 is 0 Å². The highest BCUT2D eigenvalue weighted by atomic mass is 16.6. The lowest BCUT2D eigenvalue weighted by molar-refractivity contribution is -0.00612. The van der Waals surface area contributed by atoms with Gasteiger partial charge in [0.15, 0.2) is 0 Å². The molecule has 1 aliphatic heterocycles. The van der Waals surface area contributed by atoms with Crippen molar-refractivity contribution in [1.29, 1.82) is 0 Å². The van der Waals surface area contributed by atoms with Crippen LogP contribution in [0.3, 0.4) is 0 Å². The van der Waals surface area contributed by atoms with Crippen molar-refractivity contribution in [2.24, 2.45) is 0 Å². The Morgan fingerprint density at radius 1 is 1.33 bits per heavy atom. The van der Waals surface area contributed by atoms with Crippen molar-refractivity contribution < 1.29 is 9.53 Å². The predicted octanol–water partition coefficient (Wildman–Crippen LogP) is 4.25. The van der Waals surface area contributed by atoms with E-state index < -0.39 is 5.60 Å². The van der Waals surface area contributed by atoms with Crippen LogP contribution in [0.2, 0.25) is 0 Å². The number of carbonyl (C=O) groups is 1. The van der Waals surface area contributed by atoms with Gasteiger partial charge in [-0.15, -0.1) is 6.58 Å². The van der Waals surface area contributed by atoms with Crippen LogP contribution in [0.4, 0.5) is 4.79 Å². The van der Waals surface area contributed by atoms with E-state index in [0.29, 0.717) is 12.6 Å². The van der Waals surface area contributed by atoms with Crippen LogP contribution in [0, 0.1) is 0 Å². The first-order chi connectivity index (χ1) is 11.3. The van der Waals surface area contributed by atoms with Gasteiger partial charge < -0.3 is 9.64 Å². The molecular weight excluding hydrogens is 300 g/mol. The van der Waals surface area contributed by atoms with Gasteiger partial charge >= 0.3 is 6.09 Å². The number of piperazine rings is 1.